The summed E-state index contributed by atoms with van der Waals surface area (Å²) in [5, 5.41) is 2.18. The van der Waals surface area contributed by atoms with Gasteiger partial charge in [0.1, 0.15) is 5.75 Å². The molecule has 0 spiro atoms. The Morgan fingerprint density at radius 2 is 1.44 bits per heavy atom. The lowest BCUT2D eigenvalue weighted by Crippen LogP contribution is -2.44. The lowest BCUT2D eigenvalue weighted by molar-refractivity contribution is -0.167. The summed E-state index contributed by atoms with van der Waals surface area (Å²) >= 11 is 0. The molecule has 0 bridgehead atoms. The third-order valence-electron chi connectivity index (χ3n) is 7.16. The van der Waals surface area contributed by atoms with Crippen molar-refractivity contribution in [3.8, 4) is 5.75 Å². The standard InChI is InChI=1S/C32H37N2O4P/c1-3-22-34(23-4-2)39(33,35)36-24-21-30-37-29-20-19-25-13-11-12-18-28(25)31(29)32(38-30,26-14-7-5-8-15-26)27-16-9-6-10-17-27/h5-20,30H,3-4,21-24H2,1-2H3,(H2,33,35). The monoisotopic (exact) mass is 544 g/mol. The first-order valence-corrected chi connectivity index (χ1v) is 15.4. The van der Waals surface area contributed by atoms with E-state index in [4.69, 9.17) is 19.5 Å². The summed E-state index contributed by atoms with van der Waals surface area (Å²) in [5.74, 6) is 0.757. The number of fused-ring (bicyclic) bond motifs is 3. The van der Waals surface area contributed by atoms with E-state index in [1.54, 1.807) is 4.67 Å². The van der Waals surface area contributed by atoms with Gasteiger partial charge in [0.2, 0.25) is 6.29 Å². The van der Waals surface area contributed by atoms with Crippen LogP contribution in [0.4, 0.5) is 0 Å². The predicted octanol–water partition coefficient (Wildman–Crippen LogP) is 7.46. The van der Waals surface area contributed by atoms with Crippen LogP contribution in [0.5, 0.6) is 5.75 Å². The summed E-state index contributed by atoms with van der Waals surface area (Å²) in [6.07, 6.45) is 1.41. The molecular formula is C32H37N2O4P. The summed E-state index contributed by atoms with van der Waals surface area (Å²) in [6, 6.07) is 32.9. The first-order valence-electron chi connectivity index (χ1n) is 13.8. The van der Waals surface area contributed by atoms with E-state index in [2.05, 4.69) is 42.5 Å². The van der Waals surface area contributed by atoms with Crippen molar-refractivity contribution in [1.82, 2.24) is 4.67 Å². The van der Waals surface area contributed by atoms with E-state index in [1.165, 1.54) is 0 Å². The summed E-state index contributed by atoms with van der Waals surface area (Å²) in [4.78, 5) is 0. The topological polar surface area (TPSA) is 74.0 Å². The van der Waals surface area contributed by atoms with Crippen LogP contribution >= 0.6 is 7.67 Å². The molecule has 0 radical (unpaired) electrons. The molecule has 0 amide bonds. The Kier molecular flexibility index (Phi) is 8.51. The Labute approximate surface area is 231 Å². The molecule has 7 heteroatoms. The Morgan fingerprint density at radius 1 is 0.846 bits per heavy atom. The van der Waals surface area contributed by atoms with Crippen molar-refractivity contribution >= 4 is 18.4 Å². The third kappa shape index (κ3) is 5.54. The maximum atomic E-state index is 13.3. The van der Waals surface area contributed by atoms with Gasteiger partial charge < -0.3 is 14.0 Å². The maximum Gasteiger partial charge on any atom is 0.340 e. The Bertz CT molecular complexity index is 1380. The van der Waals surface area contributed by atoms with Gasteiger partial charge in [0.05, 0.1) is 6.61 Å². The van der Waals surface area contributed by atoms with Gasteiger partial charge in [-0.05, 0) is 40.8 Å². The molecule has 0 fully saturated rings. The second-order valence-electron chi connectivity index (χ2n) is 9.88. The van der Waals surface area contributed by atoms with Crippen molar-refractivity contribution in [2.45, 2.75) is 45.0 Å². The Hall–Kier alpha value is -2.99. The first kappa shape index (κ1) is 27.6. The molecular weight excluding hydrogens is 507 g/mol. The molecule has 2 atom stereocenters. The van der Waals surface area contributed by atoms with E-state index in [9.17, 15) is 4.57 Å². The summed E-state index contributed by atoms with van der Waals surface area (Å²) in [5.41, 5.74) is 8.25. The van der Waals surface area contributed by atoms with E-state index in [-0.39, 0.29) is 6.61 Å². The van der Waals surface area contributed by atoms with Crippen LogP contribution in [0.25, 0.3) is 10.8 Å². The fraction of sp³-hybridized carbons (Fsp3) is 0.312. The highest BCUT2D eigenvalue weighted by Crippen LogP contribution is 2.51. The van der Waals surface area contributed by atoms with Gasteiger partial charge in [0, 0.05) is 25.1 Å². The number of nitrogens with zero attached hydrogens (tertiary/aromatic N) is 1. The van der Waals surface area contributed by atoms with E-state index < -0.39 is 19.6 Å². The predicted molar refractivity (Wildman–Crippen MR) is 157 cm³/mol. The van der Waals surface area contributed by atoms with Gasteiger partial charge in [-0.15, -0.1) is 0 Å². The summed E-state index contributed by atoms with van der Waals surface area (Å²) in [7, 11) is -3.43. The molecule has 4 aromatic carbocycles. The molecule has 0 aliphatic carbocycles. The van der Waals surface area contributed by atoms with Gasteiger partial charge in [-0.2, -0.15) is 0 Å². The van der Waals surface area contributed by atoms with Gasteiger partial charge in [0.15, 0.2) is 5.60 Å². The quantitative estimate of drug-likeness (QED) is 0.198. The third-order valence-corrected chi connectivity index (χ3v) is 8.90. The van der Waals surface area contributed by atoms with Crippen LogP contribution < -0.4 is 10.2 Å². The largest absolute Gasteiger partial charge is 0.464 e. The zero-order chi connectivity index (χ0) is 27.3. The van der Waals surface area contributed by atoms with Crippen molar-refractivity contribution in [2.75, 3.05) is 19.7 Å². The summed E-state index contributed by atoms with van der Waals surface area (Å²) < 4.78 is 34.3. The van der Waals surface area contributed by atoms with E-state index >= 15 is 0 Å². The van der Waals surface area contributed by atoms with Crippen molar-refractivity contribution in [3.63, 3.8) is 0 Å². The average Bonchev–Trinajstić information content (AvgIpc) is 2.97. The molecule has 1 heterocycles. The fourth-order valence-electron chi connectivity index (χ4n) is 5.46. The minimum absolute atomic E-state index is 0.144. The van der Waals surface area contributed by atoms with Gasteiger partial charge in [-0.3, -0.25) is 4.57 Å². The molecule has 1 aliphatic heterocycles. The second kappa shape index (κ2) is 12.0. The lowest BCUT2D eigenvalue weighted by atomic mass is 9.77. The normalized spacial score (nSPS) is 17.9. The summed E-state index contributed by atoms with van der Waals surface area (Å²) in [6.45, 7) is 5.48. The van der Waals surface area contributed by atoms with Gasteiger partial charge in [-0.1, -0.05) is 105 Å². The molecule has 0 saturated carbocycles. The highest BCUT2D eigenvalue weighted by atomic mass is 31.2. The maximum absolute atomic E-state index is 13.3. The highest BCUT2D eigenvalue weighted by Gasteiger charge is 2.47. The van der Waals surface area contributed by atoms with Crippen LogP contribution in [-0.2, 0) is 19.4 Å². The van der Waals surface area contributed by atoms with Crippen molar-refractivity contribution in [2.24, 2.45) is 5.50 Å². The van der Waals surface area contributed by atoms with E-state index in [1.807, 2.05) is 68.4 Å². The lowest BCUT2D eigenvalue weighted by Gasteiger charge is -2.44. The molecule has 0 saturated heterocycles. The SMILES string of the molecule is CCCN(CCC)P(N)(=O)OCCC1Oc2ccc3ccccc3c2C(c2ccccc2)(c2ccccc2)O1. The Morgan fingerprint density at radius 3 is 2.05 bits per heavy atom. The van der Waals surface area contributed by atoms with Crippen molar-refractivity contribution < 1.29 is 18.6 Å². The number of hydrogen-bond donors (Lipinski definition) is 1. The van der Waals surface area contributed by atoms with E-state index in [0.717, 1.165) is 46.1 Å². The van der Waals surface area contributed by atoms with Crippen LogP contribution in [0.2, 0.25) is 0 Å². The van der Waals surface area contributed by atoms with Crippen LogP contribution in [0.3, 0.4) is 0 Å². The molecule has 1 aliphatic rings. The van der Waals surface area contributed by atoms with Crippen LogP contribution in [0.1, 0.15) is 49.8 Å². The smallest absolute Gasteiger partial charge is 0.340 e. The molecule has 39 heavy (non-hydrogen) atoms. The van der Waals surface area contributed by atoms with Crippen molar-refractivity contribution in [3.05, 3.63) is 114 Å². The number of hydrogen-bond acceptors (Lipinski definition) is 4. The van der Waals surface area contributed by atoms with Crippen molar-refractivity contribution in [1.29, 1.82) is 0 Å². The number of nitrogens with two attached hydrogens (primary N) is 1. The zero-order valence-electron chi connectivity index (χ0n) is 22.7. The molecule has 6 nitrogen and oxygen atoms in total. The zero-order valence-corrected chi connectivity index (χ0v) is 23.6. The molecule has 4 aromatic rings. The molecule has 5 rings (SSSR count). The number of benzene rings is 4. The van der Waals surface area contributed by atoms with Gasteiger partial charge >= 0.3 is 7.67 Å². The van der Waals surface area contributed by atoms with E-state index in [0.29, 0.717) is 19.5 Å². The van der Waals surface area contributed by atoms with Gasteiger partial charge in [0.25, 0.3) is 0 Å². The minimum Gasteiger partial charge on any atom is -0.464 e. The number of ether oxygens (including phenoxy) is 2. The highest BCUT2D eigenvalue weighted by molar-refractivity contribution is 7.53. The van der Waals surface area contributed by atoms with Gasteiger partial charge in [-0.25, -0.2) is 10.2 Å². The second-order valence-corrected chi connectivity index (χ2v) is 11.8. The van der Waals surface area contributed by atoms with Crippen LogP contribution in [-0.4, -0.2) is 30.7 Å². The van der Waals surface area contributed by atoms with Crippen LogP contribution in [0.15, 0.2) is 97.1 Å². The first-order chi connectivity index (χ1) is 19.0. The van der Waals surface area contributed by atoms with Crippen LogP contribution in [0, 0.1) is 0 Å². The molecule has 2 N–H and O–H groups in total. The molecule has 2 unspecified atom stereocenters. The molecule has 0 aromatic heterocycles. The fourth-order valence-corrected chi connectivity index (χ4v) is 6.95. The number of rotatable bonds is 11. The average molecular weight is 545 g/mol. The minimum atomic E-state index is -3.43. The molecule has 204 valence electrons. The Balaban J connectivity index is 1.55.